The molecule has 0 aliphatic rings. The topological polar surface area (TPSA) is 50.9 Å². The van der Waals surface area contributed by atoms with Crippen molar-refractivity contribution >= 4 is 11.0 Å². The van der Waals surface area contributed by atoms with Crippen LogP contribution in [0.4, 0.5) is 0 Å². The van der Waals surface area contributed by atoms with Gasteiger partial charge in [0.05, 0.1) is 28.0 Å². The van der Waals surface area contributed by atoms with E-state index < -0.39 is 5.89 Å². The fourth-order valence-electron chi connectivity index (χ4n) is 8.22. The van der Waals surface area contributed by atoms with Gasteiger partial charge in [-0.1, -0.05) is 140 Å². The van der Waals surface area contributed by atoms with Gasteiger partial charge >= 0.3 is 0 Å². The first kappa shape index (κ1) is 39.2. The lowest BCUT2D eigenvalue weighted by Crippen LogP contribution is -2.16. The molecule has 0 aliphatic carbocycles. The highest BCUT2D eigenvalue weighted by Crippen LogP contribution is 2.43. The number of rotatable bonds is 9. The van der Waals surface area contributed by atoms with Crippen LogP contribution in [0.5, 0.6) is 5.75 Å². The zero-order chi connectivity index (χ0) is 43.4. The molecule has 4 nitrogen and oxygen atoms in total. The van der Waals surface area contributed by atoms with Gasteiger partial charge in [0.25, 0.3) is 0 Å². The van der Waals surface area contributed by atoms with Crippen molar-refractivity contribution in [2.45, 2.75) is 92.4 Å². The number of aromatic nitrogens is 3. The first-order valence-corrected chi connectivity index (χ1v) is 21.2. The van der Waals surface area contributed by atoms with Crippen molar-refractivity contribution in [3.8, 4) is 67.5 Å². The average molecular weight is 789 g/mol. The number of phenolic OH excluding ortho intramolecular Hbond substituents is 1. The second-order valence-corrected chi connectivity index (χ2v) is 18.3. The summed E-state index contributed by atoms with van der Waals surface area (Å²) in [6.07, 6.45) is 2.89. The van der Waals surface area contributed by atoms with Crippen molar-refractivity contribution in [3.05, 3.63) is 167 Å². The molecule has 302 valence electrons. The first-order valence-electron chi connectivity index (χ1n) is 21.7. The Morgan fingerprint density at radius 1 is 0.650 bits per heavy atom. The summed E-state index contributed by atoms with van der Waals surface area (Å²) in [5.41, 5.74) is 17.0. The number of pyridine rings is 1. The Morgan fingerprint density at radius 2 is 1.38 bits per heavy atom. The molecule has 0 bridgehead atoms. The maximum Gasteiger partial charge on any atom is 0.149 e. The van der Waals surface area contributed by atoms with E-state index in [0.717, 1.165) is 84.5 Å². The van der Waals surface area contributed by atoms with Crippen LogP contribution in [0, 0.1) is 13.8 Å². The van der Waals surface area contributed by atoms with Crippen LogP contribution in [0.25, 0.3) is 72.7 Å². The molecular weight excluding hydrogens is 731 g/mol. The lowest BCUT2D eigenvalue weighted by Gasteiger charge is -2.26. The first-order chi connectivity index (χ1) is 28.9. The Kier molecular flexibility index (Phi) is 10.3. The van der Waals surface area contributed by atoms with Crippen LogP contribution >= 0.6 is 0 Å². The van der Waals surface area contributed by atoms with Crippen molar-refractivity contribution in [2.24, 2.45) is 0 Å². The maximum absolute atomic E-state index is 11.8. The molecule has 2 heterocycles. The molecule has 0 unspecified atom stereocenters. The predicted molar refractivity (Wildman–Crippen MR) is 253 cm³/mol. The fourth-order valence-corrected chi connectivity index (χ4v) is 8.22. The summed E-state index contributed by atoms with van der Waals surface area (Å²) in [5, 5.41) is 11.8. The van der Waals surface area contributed by atoms with Gasteiger partial charge in [0.15, 0.2) is 0 Å². The van der Waals surface area contributed by atoms with Crippen molar-refractivity contribution in [1.29, 1.82) is 0 Å². The minimum absolute atomic E-state index is 0.0187. The Morgan fingerprint density at radius 3 is 2.08 bits per heavy atom. The minimum atomic E-state index is -0.662. The van der Waals surface area contributed by atoms with Gasteiger partial charge in [0.1, 0.15) is 11.6 Å². The van der Waals surface area contributed by atoms with E-state index >= 15 is 0 Å². The summed E-state index contributed by atoms with van der Waals surface area (Å²) in [4.78, 5) is 10.5. The Labute approximate surface area is 358 Å². The van der Waals surface area contributed by atoms with Crippen molar-refractivity contribution in [3.63, 3.8) is 0 Å². The van der Waals surface area contributed by atoms with Crippen LogP contribution in [-0.4, -0.2) is 19.6 Å². The number of aryl methyl sites for hydroxylation is 2. The lowest BCUT2D eigenvalue weighted by molar-refractivity contribution is 0.472. The summed E-state index contributed by atoms with van der Waals surface area (Å²) < 4.78 is 10.7. The zero-order valence-corrected chi connectivity index (χ0v) is 36.8. The molecular formula is C56H57N3O. The van der Waals surface area contributed by atoms with Crippen LogP contribution < -0.4 is 0 Å². The van der Waals surface area contributed by atoms with E-state index in [9.17, 15) is 5.11 Å². The SMILES string of the molecule is [2H]C(C)(C)c1ccc(-c2ccnc(-c3cc(-c4cccc5c4nc(-c4cc(C)cc(C)c4O)n5-c4ccc(C(C)(C)CC)cc4-c4ccccc4)cc(C(C)(C)C)c3)c2)cc1. The second-order valence-electron chi connectivity index (χ2n) is 18.3. The van der Waals surface area contributed by atoms with Gasteiger partial charge in [-0.2, -0.15) is 0 Å². The third-order valence-electron chi connectivity index (χ3n) is 12.3. The normalized spacial score (nSPS) is 12.5. The Hall–Kier alpha value is -6.26. The molecule has 60 heavy (non-hydrogen) atoms. The van der Waals surface area contributed by atoms with E-state index in [1.807, 2.05) is 33.0 Å². The molecule has 8 rings (SSSR count). The number of para-hydroxylation sites is 1. The van der Waals surface area contributed by atoms with Crippen LogP contribution in [0.2, 0.25) is 0 Å². The fraction of sp³-hybridized carbons (Fsp3) is 0.250. The zero-order valence-electron chi connectivity index (χ0n) is 37.8. The van der Waals surface area contributed by atoms with Crippen molar-refractivity contribution < 1.29 is 6.48 Å². The number of phenols is 1. The van der Waals surface area contributed by atoms with Gasteiger partial charge in [-0.05, 0) is 136 Å². The molecule has 0 saturated carbocycles. The van der Waals surface area contributed by atoms with Gasteiger partial charge in [-0.15, -0.1) is 0 Å². The third-order valence-corrected chi connectivity index (χ3v) is 12.3. The van der Waals surface area contributed by atoms with Gasteiger partial charge in [0.2, 0.25) is 0 Å². The van der Waals surface area contributed by atoms with E-state index in [-0.39, 0.29) is 16.6 Å². The largest absolute Gasteiger partial charge is 0.507 e. The predicted octanol–water partition coefficient (Wildman–Crippen LogP) is 15.2. The summed E-state index contributed by atoms with van der Waals surface area (Å²) in [6, 6.07) is 47.3. The molecule has 0 aliphatic heterocycles. The van der Waals surface area contributed by atoms with E-state index in [2.05, 4.69) is 180 Å². The van der Waals surface area contributed by atoms with E-state index in [4.69, 9.17) is 11.3 Å². The molecule has 0 saturated heterocycles. The molecule has 4 heteroatoms. The number of benzene rings is 6. The van der Waals surface area contributed by atoms with Gasteiger partial charge in [0, 0.05) is 24.3 Å². The molecule has 1 N–H and O–H groups in total. The van der Waals surface area contributed by atoms with Crippen molar-refractivity contribution in [2.75, 3.05) is 0 Å². The average Bonchev–Trinajstić information content (AvgIpc) is 3.64. The molecule has 6 aromatic carbocycles. The number of imidazole rings is 1. The summed E-state index contributed by atoms with van der Waals surface area (Å²) >= 11 is 0. The van der Waals surface area contributed by atoms with E-state index in [1.54, 1.807) is 0 Å². The highest BCUT2D eigenvalue weighted by atomic mass is 16.3. The molecule has 0 spiro atoms. The number of aromatic hydroxyl groups is 1. The molecule has 0 atom stereocenters. The summed E-state index contributed by atoms with van der Waals surface area (Å²) in [6.45, 7) is 21.5. The minimum Gasteiger partial charge on any atom is -0.507 e. The standard InChI is InChI=1S/C56H57N3O/c1-11-56(9,10)44-24-25-50(47(34-44)40-16-13-12-14-17-40)59-51-19-15-18-46(52(51)58-54(59)48-29-36(4)28-37(5)53(48)60)42-30-43(32-45(31-42)55(6,7)8)49-33-41(26-27-57-49)39-22-20-38(21-23-39)35(2)3/h12-35,60H,11H2,1-10H3/i35D. The van der Waals surface area contributed by atoms with Gasteiger partial charge < -0.3 is 5.11 Å². The number of hydrogen-bond donors (Lipinski definition) is 1. The van der Waals surface area contributed by atoms with Crippen molar-refractivity contribution in [1.82, 2.24) is 14.5 Å². The third kappa shape index (κ3) is 7.68. The molecule has 2 aromatic heterocycles. The molecule has 8 aromatic rings. The lowest BCUT2D eigenvalue weighted by atomic mass is 9.81. The van der Waals surface area contributed by atoms with E-state index in [0.29, 0.717) is 11.4 Å². The van der Waals surface area contributed by atoms with Crippen LogP contribution in [-0.2, 0) is 10.8 Å². The van der Waals surface area contributed by atoms with Gasteiger partial charge in [-0.3, -0.25) is 9.55 Å². The van der Waals surface area contributed by atoms with Crippen LogP contribution in [0.1, 0.15) is 96.9 Å². The molecule has 0 radical (unpaired) electrons. The molecule has 0 fully saturated rings. The number of nitrogens with zero attached hydrogens (tertiary/aromatic N) is 3. The highest BCUT2D eigenvalue weighted by Gasteiger charge is 2.26. The van der Waals surface area contributed by atoms with Crippen LogP contribution in [0.3, 0.4) is 0 Å². The molecule has 0 amide bonds. The maximum atomic E-state index is 11.8. The van der Waals surface area contributed by atoms with E-state index in [1.165, 1.54) is 11.1 Å². The summed E-state index contributed by atoms with van der Waals surface area (Å²) in [5.74, 6) is 0.258. The summed E-state index contributed by atoms with van der Waals surface area (Å²) in [7, 11) is 0. The number of fused-ring (bicyclic) bond motifs is 1. The number of hydrogen-bond acceptors (Lipinski definition) is 3. The second kappa shape index (κ2) is 15.7. The Balaban J connectivity index is 1.38. The Bertz CT molecular complexity index is 2910. The highest BCUT2D eigenvalue weighted by molar-refractivity contribution is 5.98. The van der Waals surface area contributed by atoms with Gasteiger partial charge in [-0.25, -0.2) is 4.98 Å². The van der Waals surface area contributed by atoms with Crippen LogP contribution in [0.15, 0.2) is 140 Å². The monoisotopic (exact) mass is 788 g/mol. The quantitative estimate of drug-likeness (QED) is 0.158. The smallest absolute Gasteiger partial charge is 0.149 e.